The quantitative estimate of drug-likeness (QED) is 0.508. The molecule has 0 aliphatic rings. The molecule has 0 radical (unpaired) electrons. The Morgan fingerprint density at radius 3 is 2.60 bits per heavy atom. The van der Waals surface area contributed by atoms with Crippen LogP contribution in [0.25, 0.3) is 0 Å². The van der Waals surface area contributed by atoms with Crippen molar-refractivity contribution in [2.24, 2.45) is 0 Å². The topological polar surface area (TPSA) is 0 Å². The zero-order valence-corrected chi connectivity index (χ0v) is 9.03. The van der Waals surface area contributed by atoms with Crippen LogP contribution in [0.1, 0.15) is 5.56 Å². The molecule has 0 saturated carbocycles. The van der Waals surface area contributed by atoms with Crippen molar-refractivity contribution in [1.29, 1.82) is 0 Å². The Morgan fingerprint density at radius 2 is 2.10 bits per heavy atom. The average molecular weight is 315 g/mol. The third kappa shape index (κ3) is 1.69. The van der Waals surface area contributed by atoms with Crippen molar-refractivity contribution in [3.8, 4) is 0 Å². The van der Waals surface area contributed by atoms with Crippen LogP contribution in [0.4, 0.5) is 4.39 Å². The van der Waals surface area contributed by atoms with Gasteiger partial charge in [0.2, 0.25) is 0 Å². The maximum Gasteiger partial charge on any atom is 0.137 e. The third-order valence-corrected chi connectivity index (χ3v) is 2.97. The van der Waals surface area contributed by atoms with Crippen molar-refractivity contribution in [3.05, 3.63) is 31.6 Å². The van der Waals surface area contributed by atoms with E-state index in [-0.39, 0.29) is 5.82 Å². The minimum atomic E-state index is -0.196. The number of halogens is 3. The molecule has 0 unspecified atom stereocenters. The molecule has 0 N–H and O–H groups in total. The molecule has 10 heavy (non-hydrogen) atoms. The summed E-state index contributed by atoms with van der Waals surface area (Å²) in [6.07, 6.45) is 0. The standard InChI is InChI=1S/C7H5BrFI/c1-4-2-6(9)5(8)3-7(4)10/h2-3H,1H3. The fourth-order valence-corrected chi connectivity index (χ4v) is 1.86. The zero-order chi connectivity index (χ0) is 7.72. The van der Waals surface area contributed by atoms with Gasteiger partial charge in [0, 0.05) is 3.57 Å². The number of aryl methyl sites for hydroxylation is 1. The van der Waals surface area contributed by atoms with Gasteiger partial charge in [0.05, 0.1) is 4.47 Å². The summed E-state index contributed by atoms with van der Waals surface area (Å²) < 4.78 is 14.3. The first kappa shape index (κ1) is 8.46. The molecule has 1 aromatic carbocycles. The van der Waals surface area contributed by atoms with Gasteiger partial charge in [-0.15, -0.1) is 0 Å². The van der Waals surface area contributed by atoms with Gasteiger partial charge in [-0.2, -0.15) is 0 Å². The number of hydrogen-bond acceptors (Lipinski definition) is 0. The summed E-state index contributed by atoms with van der Waals surface area (Å²) >= 11 is 5.27. The van der Waals surface area contributed by atoms with Gasteiger partial charge >= 0.3 is 0 Å². The van der Waals surface area contributed by atoms with Crippen LogP contribution in [0.5, 0.6) is 0 Å². The molecule has 3 heteroatoms. The maximum absolute atomic E-state index is 12.7. The highest BCUT2D eigenvalue weighted by Crippen LogP contribution is 2.21. The van der Waals surface area contributed by atoms with E-state index in [0.717, 1.165) is 9.13 Å². The molecule has 0 spiro atoms. The van der Waals surface area contributed by atoms with Crippen LogP contribution in [0.3, 0.4) is 0 Å². The molecule has 0 heterocycles. The predicted octanol–water partition coefficient (Wildman–Crippen LogP) is 3.50. The highest BCUT2D eigenvalue weighted by Gasteiger charge is 2.01. The van der Waals surface area contributed by atoms with Gasteiger partial charge in [-0.25, -0.2) is 4.39 Å². The van der Waals surface area contributed by atoms with Crippen LogP contribution >= 0.6 is 38.5 Å². The number of rotatable bonds is 0. The summed E-state index contributed by atoms with van der Waals surface area (Å²) in [5, 5.41) is 0. The molecule has 0 bridgehead atoms. The largest absolute Gasteiger partial charge is 0.206 e. The molecular formula is C7H5BrFI. The van der Waals surface area contributed by atoms with Crippen LogP contribution < -0.4 is 0 Å². The van der Waals surface area contributed by atoms with Crippen LogP contribution in [0, 0.1) is 16.3 Å². The van der Waals surface area contributed by atoms with E-state index in [4.69, 9.17) is 0 Å². The number of hydrogen-bond donors (Lipinski definition) is 0. The van der Waals surface area contributed by atoms with Gasteiger partial charge in [0.15, 0.2) is 0 Å². The lowest BCUT2D eigenvalue weighted by molar-refractivity contribution is 0.619. The maximum atomic E-state index is 12.7. The monoisotopic (exact) mass is 314 g/mol. The lowest BCUT2D eigenvalue weighted by atomic mass is 10.2. The van der Waals surface area contributed by atoms with Crippen molar-refractivity contribution in [2.45, 2.75) is 6.92 Å². The lowest BCUT2D eigenvalue weighted by Crippen LogP contribution is -1.83. The molecule has 0 amide bonds. The average Bonchev–Trinajstić information content (AvgIpc) is 1.84. The summed E-state index contributed by atoms with van der Waals surface area (Å²) in [7, 11) is 0. The van der Waals surface area contributed by atoms with Gasteiger partial charge in [-0.1, -0.05) is 0 Å². The second kappa shape index (κ2) is 3.17. The van der Waals surface area contributed by atoms with E-state index in [1.54, 1.807) is 6.07 Å². The molecule has 54 valence electrons. The normalized spacial score (nSPS) is 10.0. The van der Waals surface area contributed by atoms with Crippen molar-refractivity contribution < 1.29 is 4.39 Å². The Balaban J connectivity index is 3.28. The van der Waals surface area contributed by atoms with E-state index in [0.29, 0.717) is 4.47 Å². The van der Waals surface area contributed by atoms with Gasteiger partial charge in [0.25, 0.3) is 0 Å². The van der Waals surface area contributed by atoms with E-state index < -0.39 is 0 Å². The van der Waals surface area contributed by atoms with E-state index in [1.165, 1.54) is 6.07 Å². The minimum absolute atomic E-state index is 0.196. The van der Waals surface area contributed by atoms with Crippen molar-refractivity contribution >= 4 is 38.5 Å². The van der Waals surface area contributed by atoms with Crippen LogP contribution in [-0.2, 0) is 0 Å². The highest BCUT2D eigenvalue weighted by molar-refractivity contribution is 14.1. The molecule has 0 aliphatic heterocycles. The van der Waals surface area contributed by atoms with Crippen LogP contribution in [0.2, 0.25) is 0 Å². The number of benzene rings is 1. The fourth-order valence-electron chi connectivity index (χ4n) is 0.622. The SMILES string of the molecule is Cc1cc(F)c(Br)cc1I. The zero-order valence-electron chi connectivity index (χ0n) is 5.29. The molecule has 0 fully saturated rings. The Morgan fingerprint density at radius 1 is 1.50 bits per heavy atom. The summed E-state index contributed by atoms with van der Waals surface area (Å²) in [6.45, 7) is 1.89. The second-order valence-electron chi connectivity index (χ2n) is 2.02. The first-order valence-corrected chi connectivity index (χ1v) is 4.59. The van der Waals surface area contributed by atoms with Crippen molar-refractivity contribution in [2.75, 3.05) is 0 Å². The summed E-state index contributed by atoms with van der Waals surface area (Å²) in [5.74, 6) is -0.196. The van der Waals surface area contributed by atoms with E-state index >= 15 is 0 Å². The molecule has 1 rings (SSSR count). The van der Waals surface area contributed by atoms with Crippen LogP contribution in [-0.4, -0.2) is 0 Å². The predicted molar refractivity (Wildman–Crippen MR) is 51.6 cm³/mol. The molecule has 0 saturated heterocycles. The van der Waals surface area contributed by atoms with Gasteiger partial charge < -0.3 is 0 Å². The van der Waals surface area contributed by atoms with Gasteiger partial charge in [0.1, 0.15) is 5.82 Å². The second-order valence-corrected chi connectivity index (χ2v) is 4.03. The van der Waals surface area contributed by atoms with E-state index in [1.807, 2.05) is 6.92 Å². The Labute approximate surface area is 81.1 Å². The van der Waals surface area contributed by atoms with Crippen LogP contribution in [0.15, 0.2) is 16.6 Å². The Kier molecular flexibility index (Phi) is 2.68. The van der Waals surface area contributed by atoms with E-state index in [2.05, 4.69) is 38.5 Å². The molecular weight excluding hydrogens is 310 g/mol. The smallest absolute Gasteiger partial charge is 0.137 e. The minimum Gasteiger partial charge on any atom is -0.206 e. The molecule has 0 aliphatic carbocycles. The molecule has 0 aromatic heterocycles. The van der Waals surface area contributed by atoms with Crippen molar-refractivity contribution in [3.63, 3.8) is 0 Å². The first-order valence-electron chi connectivity index (χ1n) is 2.72. The summed E-state index contributed by atoms with van der Waals surface area (Å²) in [4.78, 5) is 0. The van der Waals surface area contributed by atoms with Crippen molar-refractivity contribution in [1.82, 2.24) is 0 Å². The lowest BCUT2D eigenvalue weighted by Gasteiger charge is -1.98. The summed E-state index contributed by atoms with van der Waals surface area (Å²) in [6, 6.07) is 3.29. The molecule has 0 atom stereocenters. The summed E-state index contributed by atoms with van der Waals surface area (Å²) in [5.41, 5.74) is 0.973. The molecule has 0 nitrogen and oxygen atoms in total. The fraction of sp³-hybridized carbons (Fsp3) is 0.143. The Bertz CT molecular complexity index is 210. The third-order valence-electron chi connectivity index (χ3n) is 1.20. The Hall–Kier alpha value is 0.360. The van der Waals surface area contributed by atoms with E-state index in [9.17, 15) is 4.39 Å². The molecule has 1 aromatic rings. The van der Waals surface area contributed by atoms with Gasteiger partial charge in [-0.3, -0.25) is 0 Å². The highest BCUT2D eigenvalue weighted by atomic mass is 127. The van der Waals surface area contributed by atoms with Gasteiger partial charge in [-0.05, 0) is 63.1 Å². The first-order chi connectivity index (χ1) is 4.61.